The van der Waals surface area contributed by atoms with Crippen molar-refractivity contribution >= 4 is 11.5 Å². The first kappa shape index (κ1) is 16.4. The molecule has 0 saturated heterocycles. The van der Waals surface area contributed by atoms with Gasteiger partial charge in [-0.15, -0.1) is 0 Å². The third kappa shape index (κ3) is 4.16. The molecule has 1 rings (SSSR count). The van der Waals surface area contributed by atoms with Crippen LogP contribution in [0.3, 0.4) is 0 Å². The molecule has 0 radical (unpaired) electrons. The van der Waals surface area contributed by atoms with E-state index in [9.17, 15) is 10.1 Å². The van der Waals surface area contributed by atoms with Gasteiger partial charge in [-0.3, -0.25) is 10.1 Å². The Morgan fingerprint density at radius 1 is 1.50 bits per heavy atom. The Morgan fingerprint density at radius 3 is 2.55 bits per heavy atom. The molecular weight excluding hydrogens is 256 g/mol. The van der Waals surface area contributed by atoms with Gasteiger partial charge in [-0.05, 0) is 39.4 Å². The van der Waals surface area contributed by atoms with Crippen molar-refractivity contribution in [3.63, 3.8) is 0 Å². The normalized spacial score (nSPS) is 13.3. The third-order valence-corrected chi connectivity index (χ3v) is 3.54. The van der Waals surface area contributed by atoms with Crippen molar-refractivity contribution in [2.45, 2.75) is 33.7 Å². The summed E-state index contributed by atoms with van der Waals surface area (Å²) in [6.45, 7) is 9.13. The second kappa shape index (κ2) is 6.17. The van der Waals surface area contributed by atoms with E-state index in [1.807, 2.05) is 14.1 Å². The fourth-order valence-electron chi connectivity index (χ4n) is 2.19. The van der Waals surface area contributed by atoms with Crippen molar-refractivity contribution < 1.29 is 4.92 Å². The number of hydrogen-bond acceptors (Lipinski definition) is 5. The maximum absolute atomic E-state index is 10.8. The summed E-state index contributed by atoms with van der Waals surface area (Å²) in [7, 11) is 4.09. The van der Waals surface area contributed by atoms with Crippen LogP contribution in [-0.2, 0) is 0 Å². The van der Waals surface area contributed by atoms with Gasteiger partial charge in [0.1, 0.15) is 12.0 Å². The number of anilines is 1. The molecule has 0 aliphatic carbocycles. The van der Waals surface area contributed by atoms with Gasteiger partial charge in [0, 0.05) is 18.2 Å². The van der Waals surface area contributed by atoms with Gasteiger partial charge < -0.3 is 10.2 Å². The van der Waals surface area contributed by atoms with E-state index in [2.05, 4.69) is 36.0 Å². The van der Waals surface area contributed by atoms with Crippen molar-refractivity contribution in [2.75, 3.05) is 26.0 Å². The van der Waals surface area contributed by atoms with Crippen molar-refractivity contribution in [3.05, 3.63) is 27.9 Å². The summed E-state index contributed by atoms with van der Waals surface area (Å²) in [5.74, 6) is 0.674. The zero-order valence-electron chi connectivity index (χ0n) is 13.1. The Hall–Kier alpha value is -1.69. The predicted molar refractivity (Wildman–Crippen MR) is 81.0 cm³/mol. The number of aromatic nitrogens is 1. The van der Waals surface area contributed by atoms with E-state index in [1.54, 1.807) is 13.0 Å². The zero-order chi connectivity index (χ0) is 15.5. The SMILES string of the molecule is Cc1cc(NC(C)C(C)(C)CN(C)C)ncc1[N+](=O)[O-]. The van der Waals surface area contributed by atoms with Crippen molar-refractivity contribution in [1.29, 1.82) is 0 Å². The summed E-state index contributed by atoms with van der Waals surface area (Å²) in [6, 6.07) is 1.92. The van der Waals surface area contributed by atoms with E-state index in [-0.39, 0.29) is 17.1 Å². The molecule has 0 aromatic carbocycles. The topological polar surface area (TPSA) is 71.3 Å². The number of nitrogens with zero attached hydrogens (tertiary/aromatic N) is 3. The lowest BCUT2D eigenvalue weighted by Crippen LogP contribution is -2.41. The molecule has 0 amide bonds. The number of aryl methyl sites for hydroxylation is 1. The monoisotopic (exact) mass is 280 g/mol. The van der Waals surface area contributed by atoms with Gasteiger partial charge >= 0.3 is 0 Å². The first-order chi connectivity index (χ1) is 9.13. The number of pyridine rings is 1. The standard InChI is InChI=1S/C14H24N4O2/c1-10-7-13(15-8-12(10)18(19)20)16-11(2)14(3,4)9-17(5)6/h7-8,11H,9H2,1-6H3,(H,15,16). The van der Waals surface area contributed by atoms with E-state index in [0.717, 1.165) is 6.54 Å². The molecule has 1 heterocycles. The van der Waals surface area contributed by atoms with Crippen LogP contribution in [0.5, 0.6) is 0 Å². The van der Waals surface area contributed by atoms with Crippen LogP contribution >= 0.6 is 0 Å². The van der Waals surface area contributed by atoms with Crippen LogP contribution < -0.4 is 5.32 Å². The highest BCUT2D eigenvalue weighted by atomic mass is 16.6. The molecular formula is C14H24N4O2. The minimum absolute atomic E-state index is 0.0516. The molecule has 6 nitrogen and oxygen atoms in total. The van der Waals surface area contributed by atoms with Crippen LogP contribution in [0, 0.1) is 22.5 Å². The van der Waals surface area contributed by atoms with E-state index < -0.39 is 4.92 Å². The molecule has 1 unspecified atom stereocenters. The number of nitro groups is 1. The Morgan fingerprint density at radius 2 is 2.10 bits per heavy atom. The van der Waals surface area contributed by atoms with E-state index >= 15 is 0 Å². The van der Waals surface area contributed by atoms with Gasteiger partial charge in [0.25, 0.3) is 5.69 Å². The molecule has 112 valence electrons. The molecule has 20 heavy (non-hydrogen) atoms. The Kier molecular flexibility index (Phi) is 5.05. The molecule has 0 bridgehead atoms. The highest BCUT2D eigenvalue weighted by Gasteiger charge is 2.27. The third-order valence-electron chi connectivity index (χ3n) is 3.54. The van der Waals surface area contributed by atoms with Crippen LogP contribution in [0.1, 0.15) is 26.3 Å². The summed E-state index contributed by atoms with van der Waals surface area (Å²) in [4.78, 5) is 16.6. The molecule has 1 N–H and O–H groups in total. The Bertz CT molecular complexity index is 486. The molecule has 6 heteroatoms. The molecule has 0 spiro atoms. The molecule has 0 aliphatic rings. The number of rotatable bonds is 6. The number of hydrogen-bond donors (Lipinski definition) is 1. The highest BCUT2D eigenvalue weighted by Crippen LogP contribution is 2.25. The van der Waals surface area contributed by atoms with Gasteiger partial charge in [0.05, 0.1) is 4.92 Å². The summed E-state index contributed by atoms with van der Waals surface area (Å²) in [5, 5.41) is 14.1. The summed E-state index contributed by atoms with van der Waals surface area (Å²) in [5.41, 5.74) is 0.724. The van der Waals surface area contributed by atoms with E-state index in [0.29, 0.717) is 11.4 Å². The Balaban J connectivity index is 2.83. The van der Waals surface area contributed by atoms with Crippen molar-refractivity contribution in [3.8, 4) is 0 Å². The van der Waals surface area contributed by atoms with Gasteiger partial charge in [-0.25, -0.2) is 4.98 Å². The minimum atomic E-state index is -0.411. The number of nitrogens with one attached hydrogen (secondary N) is 1. The molecule has 1 aromatic heterocycles. The molecule has 0 saturated carbocycles. The zero-order valence-corrected chi connectivity index (χ0v) is 13.1. The fourth-order valence-corrected chi connectivity index (χ4v) is 2.19. The van der Waals surface area contributed by atoms with Crippen LogP contribution in [0.15, 0.2) is 12.3 Å². The van der Waals surface area contributed by atoms with Crippen LogP contribution in [-0.4, -0.2) is 41.5 Å². The van der Waals surface area contributed by atoms with Crippen LogP contribution in [0.2, 0.25) is 0 Å². The van der Waals surface area contributed by atoms with Crippen LogP contribution in [0.25, 0.3) is 0 Å². The van der Waals surface area contributed by atoms with Gasteiger partial charge in [0.2, 0.25) is 0 Å². The van der Waals surface area contributed by atoms with Gasteiger partial charge in [0.15, 0.2) is 0 Å². The average molecular weight is 280 g/mol. The highest BCUT2D eigenvalue weighted by molar-refractivity contribution is 5.47. The summed E-state index contributed by atoms with van der Waals surface area (Å²) >= 11 is 0. The summed E-state index contributed by atoms with van der Waals surface area (Å²) < 4.78 is 0. The molecule has 0 fully saturated rings. The Labute approximate surface area is 120 Å². The quantitative estimate of drug-likeness (QED) is 0.640. The molecule has 1 atom stereocenters. The van der Waals surface area contributed by atoms with Crippen molar-refractivity contribution in [2.24, 2.45) is 5.41 Å². The fraction of sp³-hybridized carbons (Fsp3) is 0.643. The van der Waals surface area contributed by atoms with Crippen LogP contribution in [0.4, 0.5) is 11.5 Å². The first-order valence-electron chi connectivity index (χ1n) is 6.66. The minimum Gasteiger partial charge on any atom is -0.367 e. The average Bonchev–Trinajstić information content (AvgIpc) is 2.26. The van der Waals surface area contributed by atoms with Gasteiger partial charge in [-0.2, -0.15) is 0 Å². The van der Waals surface area contributed by atoms with E-state index in [4.69, 9.17) is 0 Å². The molecule has 1 aromatic rings. The second-order valence-corrected chi connectivity index (χ2v) is 6.21. The first-order valence-corrected chi connectivity index (χ1v) is 6.66. The molecule has 0 aliphatic heterocycles. The lowest BCUT2D eigenvalue weighted by atomic mass is 9.85. The maximum atomic E-state index is 10.8. The van der Waals surface area contributed by atoms with Gasteiger partial charge in [-0.1, -0.05) is 13.8 Å². The summed E-state index contributed by atoms with van der Waals surface area (Å²) in [6.07, 6.45) is 1.31. The largest absolute Gasteiger partial charge is 0.367 e. The predicted octanol–water partition coefficient (Wildman–Crippen LogP) is 2.69. The lowest BCUT2D eigenvalue weighted by Gasteiger charge is -2.35. The van der Waals surface area contributed by atoms with Crippen molar-refractivity contribution in [1.82, 2.24) is 9.88 Å². The smallest absolute Gasteiger partial charge is 0.290 e. The van der Waals surface area contributed by atoms with E-state index in [1.165, 1.54) is 6.20 Å². The maximum Gasteiger partial charge on any atom is 0.290 e. The second-order valence-electron chi connectivity index (χ2n) is 6.21. The lowest BCUT2D eigenvalue weighted by molar-refractivity contribution is -0.385.